The Morgan fingerprint density at radius 3 is 2.79 bits per heavy atom. The first kappa shape index (κ1) is 21.7. The van der Waals surface area contributed by atoms with E-state index in [1.54, 1.807) is 4.68 Å². The number of hydrogen-bond donors (Lipinski definition) is 3. The maximum Gasteiger partial charge on any atom is 0.162 e. The Balaban J connectivity index is 1.32. The Labute approximate surface area is 198 Å². The highest BCUT2D eigenvalue weighted by molar-refractivity contribution is 5.75. The lowest BCUT2D eigenvalue weighted by atomic mass is 9.97. The van der Waals surface area contributed by atoms with Crippen molar-refractivity contribution in [1.82, 2.24) is 29.9 Å². The summed E-state index contributed by atoms with van der Waals surface area (Å²) in [6.07, 6.45) is 5.71. The molecule has 9 nitrogen and oxygen atoms in total. The van der Waals surface area contributed by atoms with E-state index >= 15 is 0 Å². The van der Waals surface area contributed by atoms with Crippen molar-refractivity contribution >= 4 is 11.5 Å². The van der Waals surface area contributed by atoms with Crippen LogP contribution < -0.4 is 16.0 Å². The molecule has 1 unspecified atom stereocenters. The molecule has 0 saturated heterocycles. The minimum atomic E-state index is 0.0629. The van der Waals surface area contributed by atoms with Crippen molar-refractivity contribution in [3.8, 4) is 17.2 Å². The summed E-state index contributed by atoms with van der Waals surface area (Å²) in [4.78, 5) is 4.70. The molecule has 0 bridgehead atoms. The molecule has 0 aliphatic carbocycles. The molecule has 4 heterocycles. The van der Waals surface area contributed by atoms with Crippen molar-refractivity contribution in [2.75, 3.05) is 23.7 Å². The Morgan fingerprint density at radius 2 is 2.06 bits per heavy atom. The van der Waals surface area contributed by atoms with E-state index in [0.717, 1.165) is 34.9 Å². The van der Waals surface area contributed by atoms with Gasteiger partial charge in [0.2, 0.25) is 0 Å². The highest BCUT2D eigenvalue weighted by atomic mass is 15.3. The smallest absolute Gasteiger partial charge is 0.162 e. The lowest BCUT2D eigenvalue weighted by molar-refractivity contribution is 0.440. The highest BCUT2D eigenvalue weighted by Gasteiger charge is 2.27. The molecule has 3 N–H and O–H groups in total. The summed E-state index contributed by atoms with van der Waals surface area (Å²) in [5, 5.41) is 28.6. The van der Waals surface area contributed by atoms with Crippen LogP contribution in [-0.2, 0) is 13.6 Å². The van der Waals surface area contributed by atoms with Gasteiger partial charge in [-0.1, -0.05) is 30.3 Å². The van der Waals surface area contributed by atoms with Crippen molar-refractivity contribution in [2.45, 2.75) is 25.6 Å². The number of aromatic nitrogens is 5. The number of anilines is 2. The van der Waals surface area contributed by atoms with Crippen LogP contribution in [0.15, 0.2) is 61.1 Å². The maximum absolute atomic E-state index is 9.10. The van der Waals surface area contributed by atoms with Gasteiger partial charge in [0.1, 0.15) is 11.9 Å². The Bertz CT molecular complexity index is 1320. The summed E-state index contributed by atoms with van der Waals surface area (Å²) in [6.45, 7) is 4.11. The second kappa shape index (κ2) is 9.37. The fraction of sp³-hybridized carbons (Fsp3) is 0.280. The number of nitrogens with zero attached hydrogens (tertiary/aromatic N) is 6. The fourth-order valence-electron chi connectivity index (χ4n) is 4.36. The van der Waals surface area contributed by atoms with Crippen molar-refractivity contribution in [3.05, 3.63) is 78.0 Å². The summed E-state index contributed by atoms with van der Waals surface area (Å²) in [5.74, 6) is 0.841. The zero-order chi connectivity index (χ0) is 23.5. The first-order valence-electron chi connectivity index (χ1n) is 11.3. The van der Waals surface area contributed by atoms with Crippen LogP contribution in [0.25, 0.3) is 11.1 Å². The Hall–Kier alpha value is -4.16. The first-order chi connectivity index (χ1) is 16.6. The number of pyridine rings is 1. The Morgan fingerprint density at radius 1 is 1.21 bits per heavy atom. The SMILES string of the molecule is Cc1cc(C#N)nn1CCNC(c1ccccc1)[C@H]1CNc2cc(-c3cnn(C)c3)cnc2N1. The fourth-order valence-corrected chi connectivity index (χ4v) is 4.36. The second-order valence-electron chi connectivity index (χ2n) is 8.50. The summed E-state index contributed by atoms with van der Waals surface area (Å²) in [7, 11) is 1.91. The van der Waals surface area contributed by atoms with E-state index in [0.29, 0.717) is 18.8 Å². The van der Waals surface area contributed by atoms with Gasteiger partial charge in [-0.2, -0.15) is 15.5 Å². The molecule has 0 saturated carbocycles. The van der Waals surface area contributed by atoms with Gasteiger partial charge in [0.15, 0.2) is 5.69 Å². The van der Waals surface area contributed by atoms with Gasteiger partial charge in [-0.25, -0.2) is 4.98 Å². The van der Waals surface area contributed by atoms with E-state index in [-0.39, 0.29) is 12.1 Å². The third-order valence-electron chi connectivity index (χ3n) is 6.11. The first-order valence-corrected chi connectivity index (χ1v) is 11.3. The standard InChI is InChI=1S/C25H27N9/c1-17-10-21(12-26)32-34(17)9-8-27-24(18-6-4-3-5-7-18)23-15-28-22-11-19(13-29-25(22)31-23)20-14-30-33(2)16-20/h3-7,10-11,13-14,16,23-24,27-28H,8-9,15H2,1-2H3,(H,29,31)/t23-,24?/m1/s1. The van der Waals surface area contributed by atoms with Crippen LogP contribution >= 0.6 is 0 Å². The van der Waals surface area contributed by atoms with Crippen LogP contribution in [0, 0.1) is 18.3 Å². The molecular weight excluding hydrogens is 426 g/mol. The van der Waals surface area contributed by atoms with Crippen LogP contribution in [0.2, 0.25) is 0 Å². The number of nitrogens with one attached hydrogen (secondary N) is 3. The zero-order valence-corrected chi connectivity index (χ0v) is 19.2. The minimum Gasteiger partial charge on any atom is -0.380 e. The third kappa shape index (κ3) is 4.49. The highest BCUT2D eigenvalue weighted by Crippen LogP contribution is 2.32. The van der Waals surface area contributed by atoms with Crippen molar-refractivity contribution in [2.24, 2.45) is 7.05 Å². The summed E-state index contributed by atoms with van der Waals surface area (Å²) in [5.41, 5.74) is 5.69. The average molecular weight is 454 g/mol. The molecule has 0 spiro atoms. The quantitative estimate of drug-likeness (QED) is 0.395. The molecule has 172 valence electrons. The van der Waals surface area contributed by atoms with Gasteiger partial charge in [0.25, 0.3) is 0 Å². The topological polar surface area (TPSA) is 108 Å². The molecule has 0 fully saturated rings. The van der Waals surface area contributed by atoms with Gasteiger partial charge in [0, 0.05) is 49.4 Å². The Kier molecular flexibility index (Phi) is 5.97. The zero-order valence-electron chi connectivity index (χ0n) is 19.2. The average Bonchev–Trinajstić information content (AvgIpc) is 3.47. The second-order valence-corrected chi connectivity index (χ2v) is 8.50. The van der Waals surface area contributed by atoms with Crippen LogP contribution in [0.4, 0.5) is 11.5 Å². The van der Waals surface area contributed by atoms with Gasteiger partial charge in [-0.05, 0) is 24.6 Å². The summed E-state index contributed by atoms with van der Waals surface area (Å²) < 4.78 is 3.66. The number of rotatable bonds is 7. The van der Waals surface area contributed by atoms with E-state index in [1.807, 2.05) is 49.4 Å². The van der Waals surface area contributed by atoms with Gasteiger partial charge in [0.05, 0.1) is 30.5 Å². The van der Waals surface area contributed by atoms with Gasteiger partial charge < -0.3 is 16.0 Å². The molecule has 2 atom stereocenters. The maximum atomic E-state index is 9.10. The molecule has 0 radical (unpaired) electrons. The van der Waals surface area contributed by atoms with Crippen LogP contribution in [0.1, 0.15) is 23.0 Å². The monoisotopic (exact) mass is 453 g/mol. The lowest BCUT2D eigenvalue weighted by Gasteiger charge is -2.34. The van der Waals surface area contributed by atoms with Crippen molar-refractivity contribution in [1.29, 1.82) is 5.26 Å². The van der Waals surface area contributed by atoms with Gasteiger partial charge >= 0.3 is 0 Å². The summed E-state index contributed by atoms with van der Waals surface area (Å²) >= 11 is 0. The molecule has 4 aromatic rings. The van der Waals surface area contributed by atoms with E-state index in [4.69, 9.17) is 10.2 Å². The molecule has 1 aliphatic rings. The van der Waals surface area contributed by atoms with E-state index in [9.17, 15) is 0 Å². The minimum absolute atomic E-state index is 0.0629. The third-order valence-corrected chi connectivity index (χ3v) is 6.11. The van der Waals surface area contributed by atoms with Crippen LogP contribution in [0.3, 0.4) is 0 Å². The number of hydrogen-bond acceptors (Lipinski definition) is 7. The summed E-state index contributed by atoms with van der Waals surface area (Å²) in [6, 6.07) is 16.6. The lowest BCUT2D eigenvalue weighted by Crippen LogP contribution is -2.45. The number of fused-ring (bicyclic) bond motifs is 1. The number of nitriles is 1. The van der Waals surface area contributed by atoms with Crippen molar-refractivity contribution in [3.63, 3.8) is 0 Å². The molecule has 3 aromatic heterocycles. The molecule has 0 amide bonds. The number of benzene rings is 1. The van der Waals surface area contributed by atoms with E-state index < -0.39 is 0 Å². The molecular formula is C25H27N9. The molecule has 34 heavy (non-hydrogen) atoms. The van der Waals surface area contributed by atoms with E-state index in [1.165, 1.54) is 5.56 Å². The van der Waals surface area contributed by atoms with Crippen molar-refractivity contribution < 1.29 is 0 Å². The number of aryl methyl sites for hydroxylation is 2. The predicted molar refractivity (Wildman–Crippen MR) is 131 cm³/mol. The predicted octanol–water partition coefficient (Wildman–Crippen LogP) is 3.10. The molecule has 1 aromatic carbocycles. The molecule has 9 heteroatoms. The van der Waals surface area contributed by atoms with Gasteiger partial charge in [-0.3, -0.25) is 9.36 Å². The van der Waals surface area contributed by atoms with Gasteiger partial charge in [-0.15, -0.1) is 0 Å². The molecule has 5 rings (SSSR count). The molecule has 1 aliphatic heterocycles. The normalized spacial score (nSPS) is 15.6. The van der Waals surface area contributed by atoms with Crippen LogP contribution in [0.5, 0.6) is 0 Å². The largest absolute Gasteiger partial charge is 0.380 e. The van der Waals surface area contributed by atoms with E-state index in [2.05, 4.69) is 62.5 Å². The van der Waals surface area contributed by atoms with Crippen LogP contribution in [-0.4, -0.2) is 43.7 Å².